The van der Waals surface area contributed by atoms with Crippen LogP contribution in [0.4, 0.5) is 0 Å². The highest BCUT2D eigenvalue weighted by molar-refractivity contribution is 5.81. The van der Waals surface area contributed by atoms with Crippen LogP contribution in [0.3, 0.4) is 0 Å². The first-order valence-electron chi connectivity index (χ1n) is 8.63. The zero-order valence-corrected chi connectivity index (χ0v) is 13.6. The number of piperidine rings is 1. The lowest BCUT2D eigenvalue weighted by Gasteiger charge is -2.32. The number of amides is 1. The third-order valence-corrected chi connectivity index (χ3v) is 4.67. The van der Waals surface area contributed by atoms with Crippen LogP contribution < -0.4 is 4.74 Å². The molecule has 4 rings (SSSR count). The van der Waals surface area contributed by atoms with Crippen LogP contribution in [-0.2, 0) is 4.79 Å². The molecule has 1 aliphatic heterocycles. The smallest absolute Gasteiger partial charge is 0.238 e. The second-order valence-corrected chi connectivity index (χ2v) is 6.59. The van der Waals surface area contributed by atoms with Gasteiger partial charge in [0.2, 0.25) is 11.8 Å². The Labute approximate surface area is 141 Å². The zero-order valence-electron chi connectivity index (χ0n) is 13.6. The second-order valence-electron chi connectivity index (χ2n) is 6.59. The maximum atomic E-state index is 12.3. The van der Waals surface area contributed by atoms with Crippen LogP contribution in [0.1, 0.15) is 37.3 Å². The summed E-state index contributed by atoms with van der Waals surface area (Å²) in [6, 6.07) is 9.59. The van der Waals surface area contributed by atoms with Gasteiger partial charge >= 0.3 is 0 Å². The van der Waals surface area contributed by atoms with Crippen molar-refractivity contribution in [2.45, 2.75) is 31.6 Å². The molecule has 0 bridgehead atoms. The van der Waals surface area contributed by atoms with Gasteiger partial charge in [-0.15, -0.1) is 0 Å². The molecular formula is C19H21N3O2. The molecule has 1 saturated carbocycles. The largest absolute Gasteiger partial charge is 0.437 e. The Bertz CT molecular complexity index is 716. The predicted molar refractivity (Wildman–Crippen MR) is 89.8 cm³/mol. The molecule has 0 spiro atoms. The number of benzene rings is 1. The Morgan fingerprint density at radius 1 is 1.12 bits per heavy atom. The highest BCUT2D eigenvalue weighted by atomic mass is 16.5. The van der Waals surface area contributed by atoms with Crippen molar-refractivity contribution in [3.8, 4) is 11.6 Å². The number of carbonyl (C=O) groups is 1. The van der Waals surface area contributed by atoms with Crippen LogP contribution in [0.5, 0.6) is 11.6 Å². The molecule has 0 radical (unpaired) electrons. The van der Waals surface area contributed by atoms with E-state index >= 15 is 0 Å². The van der Waals surface area contributed by atoms with Crippen LogP contribution >= 0.6 is 0 Å². The van der Waals surface area contributed by atoms with Crippen molar-refractivity contribution in [3.05, 3.63) is 48.4 Å². The summed E-state index contributed by atoms with van der Waals surface area (Å²) in [7, 11) is 0. The number of rotatable bonds is 4. The lowest BCUT2D eigenvalue weighted by Crippen LogP contribution is -2.40. The molecule has 0 unspecified atom stereocenters. The first-order valence-corrected chi connectivity index (χ1v) is 8.63. The zero-order chi connectivity index (χ0) is 16.4. The van der Waals surface area contributed by atoms with E-state index in [1.165, 1.54) is 0 Å². The van der Waals surface area contributed by atoms with Crippen LogP contribution in [0, 0.1) is 5.92 Å². The molecule has 5 heteroatoms. The third-order valence-electron chi connectivity index (χ3n) is 4.67. The number of likely N-dealkylation sites (tertiary alicyclic amines) is 1. The first-order chi connectivity index (χ1) is 11.8. The molecule has 5 nitrogen and oxygen atoms in total. The lowest BCUT2D eigenvalue weighted by atomic mass is 9.94. The standard InChI is InChI=1S/C19H21N3O2/c23-19(14-8-9-14)22-10-4-5-15(13-22)17-11-20-12-18(21-17)24-16-6-2-1-3-7-16/h1-3,6-7,11-12,14-15H,4-5,8-10,13H2/t15-/m1/s1. The van der Waals surface area contributed by atoms with Gasteiger partial charge in [0.15, 0.2) is 0 Å². The van der Waals surface area contributed by atoms with Gasteiger partial charge in [-0.05, 0) is 37.8 Å². The van der Waals surface area contributed by atoms with Crippen molar-refractivity contribution < 1.29 is 9.53 Å². The van der Waals surface area contributed by atoms with Crippen LogP contribution in [0.2, 0.25) is 0 Å². The van der Waals surface area contributed by atoms with E-state index in [-0.39, 0.29) is 11.8 Å². The van der Waals surface area contributed by atoms with Gasteiger partial charge in [0.05, 0.1) is 11.9 Å². The van der Waals surface area contributed by atoms with Gasteiger partial charge in [-0.3, -0.25) is 9.78 Å². The van der Waals surface area contributed by atoms with E-state index in [0.29, 0.717) is 11.8 Å². The molecule has 1 amide bonds. The maximum Gasteiger partial charge on any atom is 0.238 e. The number of para-hydroxylation sites is 1. The molecular weight excluding hydrogens is 302 g/mol. The van der Waals surface area contributed by atoms with E-state index < -0.39 is 0 Å². The fourth-order valence-corrected chi connectivity index (χ4v) is 3.22. The summed E-state index contributed by atoms with van der Waals surface area (Å²) in [5.74, 6) is 2.10. The van der Waals surface area contributed by atoms with E-state index in [4.69, 9.17) is 4.74 Å². The molecule has 1 aromatic carbocycles. The van der Waals surface area contributed by atoms with Gasteiger partial charge in [0.25, 0.3) is 0 Å². The van der Waals surface area contributed by atoms with Crippen molar-refractivity contribution in [1.29, 1.82) is 0 Å². The average molecular weight is 323 g/mol. The third kappa shape index (κ3) is 3.40. The van der Waals surface area contributed by atoms with E-state index in [1.54, 1.807) is 12.4 Å². The predicted octanol–water partition coefficient (Wildman–Crippen LogP) is 3.38. The molecule has 1 aromatic heterocycles. The topological polar surface area (TPSA) is 55.3 Å². The summed E-state index contributed by atoms with van der Waals surface area (Å²) in [5.41, 5.74) is 0.914. The van der Waals surface area contributed by atoms with Gasteiger partial charge in [0, 0.05) is 31.1 Å². The van der Waals surface area contributed by atoms with E-state index in [0.717, 1.165) is 50.2 Å². The Morgan fingerprint density at radius 2 is 1.96 bits per heavy atom. The minimum absolute atomic E-state index is 0.244. The summed E-state index contributed by atoms with van der Waals surface area (Å²) in [6.45, 7) is 1.62. The Hall–Kier alpha value is -2.43. The van der Waals surface area contributed by atoms with E-state index in [1.807, 2.05) is 35.2 Å². The fourth-order valence-electron chi connectivity index (χ4n) is 3.22. The number of hydrogen-bond acceptors (Lipinski definition) is 4. The van der Waals surface area contributed by atoms with E-state index in [9.17, 15) is 4.79 Å². The van der Waals surface area contributed by atoms with Crippen molar-refractivity contribution >= 4 is 5.91 Å². The Morgan fingerprint density at radius 3 is 2.75 bits per heavy atom. The Kier molecular flexibility index (Phi) is 4.15. The molecule has 1 aliphatic carbocycles. The number of hydrogen-bond donors (Lipinski definition) is 0. The van der Waals surface area contributed by atoms with Crippen LogP contribution in [0.25, 0.3) is 0 Å². The summed E-state index contributed by atoms with van der Waals surface area (Å²) >= 11 is 0. The molecule has 124 valence electrons. The maximum absolute atomic E-state index is 12.3. The summed E-state index contributed by atoms with van der Waals surface area (Å²) in [4.78, 5) is 23.2. The van der Waals surface area contributed by atoms with Gasteiger partial charge in [-0.1, -0.05) is 18.2 Å². The Balaban J connectivity index is 1.47. The highest BCUT2D eigenvalue weighted by Crippen LogP contribution is 2.34. The van der Waals surface area contributed by atoms with Crippen LogP contribution in [-0.4, -0.2) is 33.9 Å². The first kappa shape index (κ1) is 15.1. The lowest BCUT2D eigenvalue weighted by molar-refractivity contribution is -0.133. The molecule has 0 N–H and O–H groups in total. The van der Waals surface area contributed by atoms with Crippen molar-refractivity contribution in [2.75, 3.05) is 13.1 Å². The minimum atomic E-state index is 0.244. The molecule has 24 heavy (non-hydrogen) atoms. The van der Waals surface area contributed by atoms with Crippen molar-refractivity contribution in [1.82, 2.24) is 14.9 Å². The van der Waals surface area contributed by atoms with Crippen LogP contribution in [0.15, 0.2) is 42.7 Å². The summed E-state index contributed by atoms with van der Waals surface area (Å²) < 4.78 is 5.78. The summed E-state index contributed by atoms with van der Waals surface area (Å²) in [6.07, 6.45) is 7.60. The number of aromatic nitrogens is 2. The van der Waals surface area contributed by atoms with E-state index in [2.05, 4.69) is 9.97 Å². The highest BCUT2D eigenvalue weighted by Gasteiger charge is 2.35. The average Bonchev–Trinajstić information content (AvgIpc) is 3.47. The molecule has 2 fully saturated rings. The molecule has 2 heterocycles. The monoisotopic (exact) mass is 323 g/mol. The van der Waals surface area contributed by atoms with Gasteiger partial charge in [-0.2, -0.15) is 0 Å². The van der Waals surface area contributed by atoms with Gasteiger partial charge in [-0.25, -0.2) is 4.98 Å². The molecule has 1 atom stereocenters. The second kappa shape index (κ2) is 6.59. The quantitative estimate of drug-likeness (QED) is 0.865. The summed E-state index contributed by atoms with van der Waals surface area (Å²) in [5, 5.41) is 0. The SMILES string of the molecule is O=C(C1CC1)N1CCC[C@@H](c2cncc(Oc3ccccc3)n2)C1. The van der Waals surface area contributed by atoms with Crippen molar-refractivity contribution in [3.63, 3.8) is 0 Å². The molecule has 2 aliphatic rings. The number of carbonyl (C=O) groups excluding carboxylic acids is 1. The van der Waals surface area contributed by atoms with Crippen molar-refractivity contribution in [2.24, 2.45) is 5.92 Å². The van der Waals surface area contributed by atoms with Gasteiger partial charge in [0.1, 0.15) is 5.75 Å². The molecule has 1 saturated heterocycles. The minimum Gasteiger partial charge on any atom is -0.437 e. The van der Waals surface area contributed by atoms with Gasteiger partial charge < -0.3 is 9.64 Å². The fraction of sp³-hybridized carbons (Fsp3) is 0.421. The normalized spacial score (nSPS) is 20.7. The number of ether oxygens (including phenoxy) is 1. The molecule has 2 aromatic rings. The number of nitrogens with zero attached hydrogens (tertiary/aromatic N) is 3.